The fourth-order valence-electron chi connectivity index (χ4n) is 3.44. The van der Waals surface area contributed by atoms with Gasteiger partial charge < -0.3 is 14.8 Å². The molecule has 2 aliphatic rings. The van der Waals surface area contributed by atoms with E-state index in [2.05, 4.69) is 4.98 Å². The van der Waals surface area contributed by atoms with Gasteiger partial charge in [-0.15, -0.1) is 11.8 Å². The third-order valence-corrected chi connectivity index (χ3v) is 8.28. The number of carbonyl (C=O) groups is 2. The number of benzene rings is 1. The summed E-state index contributed by atoms with van der Waals surface area (Å²) in [6, 6.07) is 13.7. The maximum Gasteiger partial charge on any atom is 1.00 e. The van der Waals surface area contributed by atoms with Crippen LogP contribution in [0, 0.1) is 0 Å². The maximum absolute atomic E-state index is 12.9. The van der Waals surface area contributed by atoms with Gasteiger partial charge in [0.25, 0.3) is 5.91 Å². The average Bonchev–Trinajstić information content (AvgIpc) is 2.67. The molecule has 0 saturated carbocycles. The number of carboxylic acids is 1. The van der Waals surface area contributed by atoms with Crippen molar-refractivity contribution < 1.29 is 52.7 Å². The Kier molecular flexibility index (Phi) is 6.26. The summed E-state index contributed by atoms with van der Waals surface area (Å²) >= 11 is 0.902. The largest absolute Gasteiger partial charge is 1.00 e. The Morgan fingerprint density at radius 2 is 1.90 bits per heavy atom. The number of carbonyl (C=O) groups excluding carboxylic acids is 2. The summed E-state index contributed by atoms with van der Waals surface area (Å²) in [5.41, 5.74) is 0.575. The monoisotopic (exact) mass is 438 g/mol. The van der Waals surface area contributed by atoms with Crippen molar-refractivity contribution in [3.8, 4) is 0 Å². The standard InChI is InChI=1S/C19H16N2O5S2.Na/c22-16-15(10-13-6-4-5-9-20-13)17-21(16)11-19(18(23)24,12-28(17,25)26)27-14-7-2-1-3-8-14;/h1-10,17H,11-12H2,(H,23,24);/q;+1/p-1/t17-,19?;/m1./s1. The molecule has 29 heavy (non-hydrogen) atoms. The topological polar surface area (TPSA) is 107 Å². The molecule has 4 rings (SSSR count). The molecule has 0 bridgehead atoms. The van der Waals surface area contributed by atoms with Crippen molar-refractivity contribution in [1.82, 2.24) is 9.88 Å². The van der Waals surface area contributed by atoms with Crippen LogP contribution in [-0.4, -0.2) is 52.6 Å². The molecule has 1 aromatic carbocycles. The van der Waals surface area contributed by atoms with Crippen molar-refractivity contribution in [2.24, 2.45) is 0 Å². The van der Waals surface area contributed by atoms with E-state index in [1.54, 1.807) is 54.7 Å². The Morgan fingerprint density at radius 1 is 1.21 bits per heavy atom. The number of rotatable bonds is 4. The molecule has 2 atom stereocenters. The van der Waals surface area contributed by atoms with Crippen molar-refractivity contribution in [2.75, 3.05) is 12.3 Å². The van der Waals surface area contributed by atoms with Gasteiger partial charge in [-0.3, -0.25) is 9.78 Å². The number of hydrogen-bond acceptors (Lipinski definition) is 7. The molecule has 0 aliphatic carbocycles. The molecule has 144 valence electrons. The van der Waals surface area contributed by atoms with Crippen LogP contribution in [0.25, 0.3) is 6.08 Å². The van der Waals surface area contributed by atoms with Gasteiger partial charge >= 0.3 is 29.6 Å². The number of aromatic nitrogens is 1. The van der Waals surface area contributed by atoms with Crippen molar-refractivity contribution in [1.29, 1.82) is 0 Å². The molecule has 3 heterocycles. The fraction of sp³-hybridized carbons (Fsp3) is 0.211. The predicted octanol–water partition coefficient (Wildman–Crippen LogP) is -2.65. The summed E-state index contributed by atoms with van der Waals surface area (Å²) in [5, 5.41) is 10.8. The summed E-state index contributed by atoms with van der Waals surface area (Å²) in [6.07, 6.45) is 2.98. The molecule has 2 aromatic rings. The summed E-state index contributed by atoms with van der Waals surface area (Å²) in [7, 11) is -3.93. The summed E-state index contributed by atoms with van der Waals surface area (Å²) < 4.78 is 24.1. The second kappa shape index (κ2) is 8.23. The Labute approximate surface area is 194 Å². The van der Waals surface area contributed by atoms with Crippen LogP contribution in [0.5, 0.6) is 0 Å². The van der Waals surface area contributed by atoms with Crippen molar-refractivity contribution in [3.63, 3.8) is 0 Å². The van der Waals surface area contributed by atoms with E-state index < -0.39 is 37.6 Å². The van der Waals surface area contributed by atoms with Gasteiger partial charge in [0.2, 0.25) is 0 Å². The number of thioether (sulfide) groups is 1. The minimum Gasteiger partial charge on any atom is -0.549 e. The molecule has 2 saturated heterocycles. The van der Waals surface area contributed by atoms with Gasteiger partial charge in [0, 0.05) is 17.6 Å². The smallest absolute Gasteiger partial charge is 0.549 e. The van der Waals surface area contributed by atoms with Crippen LogP contribution in [-0.2, 0) is 19.4 Å². The Bertz CT molecular complexity index is 1080. The van der Waals surface area contributed by atoms with Crippen molar-refractivity contribution in [3.05, 3.63) is 66.0 Å². The number of β-lactam (4-membered cyclic amide) rings is 1. The molecular formula is C19H15N2NaO5S2. The van der Waals surface area contributed by atoms with E-state index in [-0.39, 0.29) is 41.7 Å². The zero-order chi connectivity index (χ0) is 19.9. The number of fused-ring (bicyclic) bond motifs is 1. The summed E-state index contributed by atoms with van der Waals surface area (Å²) in [6.45, 7) is -0.239. The summed E-state index contributed by atoms with van der Waals surface area (Å²) in [4.78, 5) is 30.3. The van der Waals surface area contributed by atoms with Gasteiger partial charge in [0.05, 0.1) is 27.7 Å². The average molecular weight is 438 g/mol. The normalized spacial score (nSPS) is 26.2. The van der Waals surface area contributed by atoms with Crippen LogP contribution in [0.15, 0.2) is 65.2 Å². The number of carboxylic acid groups (broad SMARTS) is 1. The molecule has 1 amide bonds. The molecular weight excluding hydrogens is 423 g/mol. The van der Waals surface area contributed by atoms with Gasteiger partial charge in [-0.05, 0) is 30.3 Å². The SMILES string of the molecule is O=C1C(=Cc2ccccn2)[C@@H]2N1CC(Sc1ccccc1)(C(=O)[O-])CS2(=O)=O.[Na+]. The van der Waals surface area contributed by atoms with E-state index in [1.165, 1.54) is 6.08 Å². The Hall–Kier alpha value is -1.65. The van der Waals surface area contributed by atoms with Crippen LogP contribution >= 0.6 is 11.8 Å². The number of sulfone groups is 1. The first-order chi connectivity index (χ1) is 13.3. The van der Waals surface area contributed by atoms with Gasteiger partial charge in [0.15, 0.2) is 15.2 Å². The van der Waals surface area contributed by atoms with Gasteiger partial charge in [0.1, 0.15) is 0 Å². The fourth-order valence-corrected chi connectivity index (χ4v) is 7.33. The summed E-state index contributed by atoms with van der Waals surface area (Å²) in [5.74, 6) is -2.62. The molecule has 1 aromatic heterocycles. The zero-order valence-electron chi connectivity index (χ0n) is 15.5. The third-order valence-electron chi connectivity index (χ3n) is 4.68. The van der Waals surface area contributed by atoms with Gasteiger partial charge in [-0.25, -0.2) is 8.42 Å². The van der Waals surface area contributed by atoms with E-state index in [9.17, 15) is 23.1 Å². The molecule has 0 N–H and O–H groups in total. The van der Waals surface area contributed by atoms with Crippen LogP contribution in [0.2, 0.25) is 0 Å². The molecule has 1 unspecified atom stereocenters. The van der Waals surface area contributed by atoms with Gasteiger partial charge in [-0.1, -0.05) is 24.3 Å². The molecule has 0 radical (unpaired) electrons. The second-order valence-electron chi connectivity index (χ2n) is 6.64. The first-order valence-electron chi connectivity index (χ1n) is 8.43. The minimum absolute atomic E-state index is 0. The number of hydrogen-bond donors (Lipinski definition) is 0. The van der Waals surface area contributed by atoms with E-state index >= 15 is 0 Å². The van der Waals surface area contributed by atoms with Crippen LogP contribution in [0.3, 0.4) is 0 Å². The quantitative estimate of drug-likeness (QED) is 0.292. The second-order valence-corrected chi connectivity index (χ2v) is 10.2. The molecule has 2 aliphatic heterocycles. The van der Waals surface area contributed by atoms with E-state index in [0.717, 1.165) is 16.7 Å². The maximum atomic E-state index is 12.9. The molecule has 0 spiro atoms. The van der Waals surface area contributed by atoms with Crippen LogP contribution < -0.4 is 34.7 Å². The molecule has 2 fully saturated rings. The minimum atomic E-state index is -3.93. The van der Waals surface area contributed by atoms with E-state index in [1.807, 2.05) is 0 Å². The molecule has 7 nitrogen and oxygen atoms in total. The van der Waals surface area contributed by atoms with E-state index in [0.29, 0.717) is 10.6 Å². The van der Waals surface area contributed by atoms with E-state index in [4.69, 9.17) is 0 Å². The third kappa shape index (κ3) is 4.02. The number of aliphatic carboxylic acids is 1. The number of pyridine rings is 1. The van der Waals surface area contributed by atoms with Crippen molar-refractivity contribution in [2.45, 2.75) is 15.0 Å². The molecule has 10 heteroatoms. The van der Waals surface area contributed by atoms with Crippen LogP contribution in [0.1, 0.15) is 5.69 Å². The Morgan fingerprint density at radius 3 is 2.52 bits per heavy atom. The number of nitrogens with zero attached hydrogens (tertiary/aromatic N) is 2. The first kappa shape index (κ1) is 22.0. The first-order valence-corrected chi connectivity index (χ1v) is 11.0. The van der Waals surface area contributed by atoms with Gasteiger partial charge in [-0.2, -0.15) is 0 Å². The Balaban J connectivity index is 0.00000240. The van der Waals surface area contributed by atoms with Crippen LogP contribution in [0.4, 0.5) is 0 Å². The van der Waals surface area contributed by atoms with Crippen molar-refractivity contribution >= 4 is 39.6 Å². The number of amides is 1. The zero-order valence-corrected chi connectivity index (χ0v) is 19.2. The predicted molar refractivity (Wildman–Crippen MR) is 102 cm³/mol.